The number of ether oxygens (including phenoxy) is 1. The van der Waals surface area contributed by atoms with Gasteiger partial charge in [-0.05, 0) is 38.5 Å². The SMILES string of the molecule is CCCCOC(=O)NCC(C)(C)C(=O)Nc1cc(F)cc(C(=O)O)c1. The highest BCUT2D eigenvalue weighted by molar-refractivity contribution is 5.97. The third-order valence-corrected chi connectivity index (χ3v) is 3.42. The van der Waals surface area contributed by atoms with Crippen molar-refractivity contribution >= 4 is 23.7 Å². The largest absolute Gasteiger partial charge is 0.478 e. The van der Waals surface area contributed by atoms with Gasteiger partial charge in [0.25, 0.3) is 0 Å². The highest BCUT2D eigenvalue weighted by Crippen LogP contribution is 2.20. The lowest BCUT2D eigenvalue weighted by Gasteiger charge is -2.24. The van der Waals surface area contributed by atoms with Crippen LogP contribution in [0.4, 0.5) is 14.9 Å². The number of amides is 2. The van der Waals surface area contributed by atoms with Crippen LogP contribution in [0.15, 0.2) is 18.2 Å². The van der Waals surface area contributed by atoms with Crippen LogP contribution in [0.3, 0.4) is 0 Å². The summed E-state index contributed by atoms with van der Waals surface area (Å²) in [6.45, 7) is 5.45. The molecule has 0 radical (unpaired) electrons. The van der Waals surface area contributed by atoms with Crippen LogP contribution < -0.4 is 10.6 Å². The lowest BCUT2D eigenvalue weighted by Crippen LogP contribution is -2.42. The number of anilines is 1. The van der Waals surface area contributed by atoms with Crippen molar-refractivity contribution in [1.82, 2.24) is 5.32 Å². The molecule has 0 unspecified atom stereocenters. The van der Waals surface area contributed by atoms with E-state index >= 15 is 0 Å². The monoisotopic (exact) mass is 354 g/mol. The highest BCUT2D eigenvalue weighted by atomic mass is 19.1. The van der Waals surface area contributed by atoms with Crippen molar-refractivity contribution < 1.29 is 28.6 Å². The van der Waals surface area contributed by atoms with Gasteiger partial charge in [0.05, 0.1) is 17.6 Å². The fourth-order valence-electron chi connectivity index (χ4n) is 1.82. The first-order valence-corrected chi connectivity index (χ1v) is 7.91. The average Bonchev–Trinajstić information content (AvgIpc) is 2.52. The standard InChI is InChI=1S/C17H23FN2O5/c1-4-5-6-25-16(24)19-10-17(2,3)15(23)20-13-8-11(14(21)22)7-12(18)9-13/h7-9H,4-6,10H2,1-3H3,(H,19,24)(H,20,23)(H,21,22). The lowest BCUT2D eigenvalue weighted by molar-refractivity contribution is -0.123. The van der Waals surface area contributed by atoms with E-state index in [1.54, 1.807) is 13.8 Å². The van der Waals surface area contributed by atoms with E-state index in [1.807, 2.05) is 6.92 Å². The van der Waals surface area contributed by atoms with Crippen molar-refractivity contribution in [3.8, 4) is 0 Å². The molecular weight excluding hydrogens is 331 g/mol. The summed E-state index contributed by atoms with van der Waals surface area (Å²) in [6, 6.07) is 3.04. The molecule has 8 heteroatoms. The summed E-state index contributed by atoms with van der Waals surface area (Å²) in [5.41, 5.74) is -1.26. The Morgan fingerprint density at radius 2 is 1.92 bits per heavy atom. The summed E-state index contributed by atoms with van der Waals surface area (Å²) in [5, 5.41) is 13.9. The molecule has 0 aliphatic heterocycles. The third-order valence-electron chi connectivity index (χ3n) is 3.42. The maximum atomic E-state index is 13.4. The second-order valence-electron chi connectivity index (χ2n) is 6.21. The predicted molar refractivity (Wildman–Crippen MR) is 90.0 cm³/mol. The molecule has 0 spiro atoms. The molecule has 0 saturated heterocycles. The Morgan fingerprint density at radius 3 is 2.52 bits per heavy atom. The first kappa shape index (κ1) is 20.4. The minimum atomic E-state index is -1.30. The highest BCUT2D eigenvalue weighted by Gasteiger charge is 2.29. The van der Waals surface area contributed by atoms with Crippen molar-refractivity contribution in [3.05, 3.63) is 29.6 Å². The van der Waals surface area contributed by atoms with Crippen LogP contribution in [0, 0.1) is 11.2 Å². The molecule has 3 N–H and O–H groups in total. The zero-order valence-electron chi connectivity index (χ0n) is 14.5. The van der Waals surface area contributed by atoms with Gasteiger partial charge in [-0.2, -0.15) is 0 Å². The van der Waals surface area contributed by atoms with Crippen LogP contribution in [0.5, 0.6) is 0 Å². The Bertz CT molecular complexity index is 646. The molecule has 1 aromatic rings. The summed E-state index contributed by atoms with van der Waals surface area (Å²) in [5.74, 6) is -2.57. The fraction of sp³-hybridized carbons (Fsp3) is 0.471. The van der Waals surface area contributed by atoms with Crippen LogP contribution >= 0.6 is 0 Å². The van der Waals surface area contributed by atoms with Gasteiger partial charge < -0.3 is 20.5 Å². The quantitative estimate of drug-likeness (QED) is 0.623. The summed E-state index contributed by atoms with van der Waals surface area (Å²) in [7, 11) is 0. The molecule has 0 aliphatic rings. The van der Waals surface area contributed by atoms with Crippen LogP contribution in [-0.4, -0.2) is 36.2 Å². The van der Waals surface area contributed by atoms with Gasteiger partial charge in [0.15, 0.2) is 0 Å². The maximum Gasteiger partial charge on any atom is 0.407 e. The van der Waals surface area contributed by atoms with E-state index < -0.39 is 29.2 Å². The van der Waals surface area contributed by atoms with Crippen molar-refractivity contribution in [2.75, 3.05) is 18.5 Å². The molecule has 2 amide bonds. The molecule has 0 bridgehead atoms. The Labute approximate surface area is 145 Å². The Morgan fingerprint density at radius 1 is 1.24 bits per heavy atom. The number of alkyl carbamates (subject to hydrolysis) is 1. The molecule has 7 nitrogen and oxygen atoms in total. The lowest BCUT2D eigenvalue weighted by atomic mass is 9.92. The molecule has 1 rings (SSSR count). The number of benzene rings is 1. The fourth-order valence-corrected chi connectivity index (χ4v) is 1.82. The molecule has 0 aliphatic carbocycles. The van der Waals surface area contributed by atoms with Crippen LogP contribution in [-0.2, 0) is 9.53 Å². The third kappa shape index (κ3) is 6.78. The molecule has 0 aromatic heterocycles. The number of halogens is 1. The van der Waals surface area contributed by atoms with Crippen molar-refractivity contribution in [2.45, 2.75) is 33.6 Å². The Hall–Kier alpha value is -2.64. The number of carboxylic acid groups (broad SMARTS) is 1. The van der Waals surface area contributed by atoms with Gasteiger partial charge in [0.2, 0.25) is 5.91 Å². The number of hydrogen-bond donors (Lipinski definition) is 3. The number of unbranched alkanes of at least 4 members (excludes halogenated alkanes) is 1. The number of carbonyl (C=O) groups is 3. The Balaban J connectivity index is 2.66. The summed E-state index contributed by atoms with van der Waals surface area (Å²) in [4.78, 5) is 34.8. The van der Waals surface area contributed by atoms with E-state index in [0.717, 1.165) is 31.0 Å². The summed E-state index contributed by atoms with van der Waals surface area (Å²) < 4.78 is 18.4. The van der Waals surface area contributed by atoms with Crippen LogP contribution in [0.25, 0.3) is 0 Å². The number of rotatable bonds is 8. The summed E-state index contributed by atoms with van der Waals surface area (Å²) >= 11 is 0. The molecule has 0 saturated carbocycles. The number of hydrogen-bond acceptors (Lipinski definition) is 4. The molecule has 0 heterocycles. The van der Waals surface area contributed by atoms with Crippen LogP contribution in [0.1, 0.15) is 44.0 Å². The molecule has 0 fully saturated rings. The summed E-state index contributed by atoms with van der Waals surface area (Å²) in [6.07, 6.45) is 1.03. The number of carbonyl (C=O) groups excluding carboxylic acids is 2. The predicted octanol–water partition coefficient (Wildman–Crippen LogP) is 3.01. The normalized spacial score (nSPS) is 10.9. The molecule has 0 atom stereocenters. The minimum Gasteiger partial charge on any atom is -0.478 e. The van der Waals surface area contributed by atoms with Crippen molar-refractivity contribution in [3.63, 3.8) is 0 Å². The van der Waals surface area contributed by atoms with Gasteiger partial charge in [0.1, 0.15) is 5.82 Å². The van der Waals surface area contributed by atoms with Crippen molar-refractivity contribution in [2.24, 2.45) is 5.41 Å². The van der Waals surface area contributed by atoms with E-state index in [4.69, 9.17) is 9.84 Å². The number of nitrogens with one attached hydrogen (secondary N) is 2. The second kappa shape index (κ2) is 9.00. The molecular formula is C17H23FN2O5. The smallest absolute Gasteiger partial charge is 0.407 e. The maximum absolute atomic E-state index is 13.4. The number of aromatic carboxylic acids is 1. The van der Waals surface area contributed by atoms with Gasteiger partial charge in [-0.25, -0.2) is 14.0 Å². The topological polar surface area (TPSA) is 105 Å². The minimum absolute atomic E-state index is 0.00486. The van der Waals surface area contributed by atoms with Gasteiger partial charge >= 0.3 is 12.1 Å². The van der Waals surface area contributed by atoms with Gasteiger partial charge in [-0.1, -0.05) is 13.3 Å². The van der Waals surface area contributed by atoms with Gasteiger partial charge in [0, 0.05) is 12.2 Å². The van der Waals surface area contributed by atoms with E-state index in [2.05, 4.69) is 10.6 Å². The van der Waals surface area contributed by atoms with Crippen molar-refractivity contribution in [1.29, 1.82) is 0 Å². The van der Waals surface area contributed by atoms with E-state index in [1.165, 1.54) is 0 Å². The number of carboxylic acids is 1. The van der Waals surface area contributed by atoms with E-state index in [9.17, 15) is 18.8 Å². The van der Waals surface area contributed by atoms with Gasteiger partial charge in [-0.15, -0.1) is 0 Å². The van der Waals surface area contributed by atoms with E-state index in [0.29, 0.717) is 6.61 Å². The molecule has 25 heavy (non-hydrogen) atoms. The molecule has 1 aromatic carbocycles. The Kier molecular flexibility index (Phi) is 7.35. The van der Waals surface area contributed by atoms with Gasteiger partial charge in [-0.3, -0.25) is 4.79 Å². The molecule has 138 valence electrons. The first-order valence-electron chi connectivity index (χ1n) is 7.91. The van der Waals surface area contributed by atoms with E-state index in [-0.39, 0.29) is 17.8 Å². The van der Waals surface area contributed by atoms with Crippen LogP contribution in [0.2, 0.25) is 0 Å². The first-order chi connectivity index (χ1) is 11.7. The zero-order valence-corrected chi connectivity index (χ0v) is 14.5. The zero-order chi connectivity index (χ0) is 19.0. The second-order valence-corrected chi connectivity index (χ2v) is 6.21. The average molecular weight is 354 g/mol.